The van der Waals surface area contributed by atoms with E-state index < -0.39 is 12.8 Å². The summed E-state index contributed by atoms with van der Waals surface area (Å²) in [5.41, 5.74) is 2.48. The van der Waals surface area contributed by atoms with Crippen molar-refractivity contribution in [3.63, 3.8) is 0 Å². The maximum absolute atomic E-state index is 12.1. The minimum atomic E-state index is -4.38. The second-order valence-corrected chi connectivity index (χ2v) is 5.61. The minimum absolute atomic E-state index is 0.109. The molecule has 1 aliphatic heterocycles. The maximum atomic E-state index is 12.1. The molecule has 1 N–H and O–H groups in total. The third kappa shape index (κ3) is 3.71. The van der Waals surface area contributed by atoms with Gasteiger partial charge in [-0.1, -0.05) is 29.8 Å². The molecule has 24 heavy (non-hydrogen) atoms. The van der Waals surface area contributed by atoms with Gasteiger partial charge in [0, 0.05) is 16.2 Å². The number of amides is 1. The molecule has 0 spiro atoms. The molecule has 2 aromatic rings. The average molecular weight is 354 g/mol. The molecule has 0 unspecified atom stereocenters. The molecule has 0 radical (unpaired) electrons. The van der Waals surface area contributed by atoms with E-state index in [0.717, 1.165) is 5.56 Å². The second kappa shape index (κ2) is 6.20. The van der Waals surface area contributed by atoms with E-state index >= 15 is 0 Å². The van der Waals surface area contributed by atoms with Crippen molar-refractivity contribution in [1.29, 1.82) is 0 Å². The van der Waals surface area contributed by atoms with Gasteiger partial charge in [0.25, 0.3) is 5.91 Å². The van der Waals surface area contributed by atoms with Crippen LogP contribution in [-0.4, -0.2) is 18.7 Å². The van der Waals surface area contributed by atoms with Crippen LogP contribution in [-0.2, 0) is 4.79 Å². The number of rotatable bonds is 3. The zero-order valence-corrected chi connectivity index (χ0v) is 12.9. The quantitative estimate of drug-likeness (QED) is 0.807. The fourth-order valence-corrected chi connectivity index (χ4v) is 2.47. The Labute approximate surface area is 140 Å². The normalized spacial score (nSPS) is 15.3. The molecule has 124 valence electrons. The molecule has 0 fully saturated rings. The maximum Gasteiger partial charge on any atom is 0.422 e. The summed E-state index contributed by atoms with van der Waals surface area (Å²) in [6.45, 7) is -1.34. The Morgan fingerprint density at radius 1 is 1.12 bits per heavy atom. The van der Waals surface area contributed by atoms with Crippen molar-refractivity contribution in [1.82, 2.24) is 0 Å². The largest absolute Gasteiger partial charge is 0.484 e. The van der Waals surface area contributed by atoms with Gasteiger partial charge < -0.3 is 10.1 Å². The average Bonchev–Trinajstić information content (AvgIpc) is 2.81. The number of halogens is 4. The van der Waals surface area contributed by atoms with Gasteiger partial charge in [-0.05, 0) is 35.9 Å². The highest BCUT2D eigenvalue weighted by Crippen LogP contribution is 2.35. The summed E-state index contributed by atoms with van der Waals surface area (Å²) in [5.74, 6) is -0.151. The SMILES string of the molecule is O=C1Nc2cc(Cl)ccc2C1=Cc1ccc(OCC(F)(F)F)cc1. The topological polar surface area (TPSA) is 38.3 Å². The van der Waals surface area contributed by atoms with Crippen molar-refractivity contribution in [3.05, 3.63) is 58.6 Å². The highest BCUT2D eigenvalue weighted by molar-refractivity contribution is 6.36. The van der Waals surface area contributed by atoms with Crippen LogP contribution in [0.2, 0.25) is 5.02 Å². The van der Waals surface area contributed by atoms with Gasteiger partial charge in [-0.15, -0.1) is 0 Å². The molecule has 3 nitrogen and oxygen atoms in total. The number of ether oxygens (including phenoxy) is 1. The van der Waals surface area contributed by atoms with Gasteiger partial charge in [-0.3, -0.25) is 4.79 Å². The first-order chi connectivity index (χ1) is 11.3. The lowest BCUT2D eigenvalue weighted by Crippen LogP contribution is -2.19. The van der Waals surface area contributed by atoms with Gasteiger partial charge in [0.2, 0.25) is 0 Å². The van der Waals surface area contributed by atoms with Crippen LogP contribution in [0.15, 0.2) is 42.5 Å². The standard InChI is InChI=1S/C17H11ClF3NO2/c18-11-3-6-13-14(16(23)22-15(13)8-11)7-10-1-4-12(5-2-10)24-9-17(19,20)21/h1-8H,9H2,(H,22,23). The number of carbonyl (C=O) groups is 1. The summed E-state index contributed by atoms with van der Waals surface area (Å²) < 4.78 is 41.0. The number of benzene rings is 2. The van der Waals surface area contributed by atoms with Gasteiger partial charge >= 0.3 is 6.18 Å². The summed E-state index contributed by atoms with van der Waals surface area (Å²) in [5, 5.41) is 3.23. The molecule has 0 saturated carbocycles. The predicted octanol–water partition coefficient (Wildman–Crippen LogP) is 4.77. The Morgan fingerprint density at radius 3 is 2.50 bits per heavy atom. The molecular weight excluding hydrogens is 343 g/mol. The molecule has 0 bridgehead atoms. The smallest absolute Gasteiger partial charge is 0.422 e. The Morgan fingerprint density at radius 2 is 1.83 bits per heavy atom. The van der Waals surface area contributed by atoms with E-state index in [4.69, 9.17) is 11.6 Å². The molecular formula is C17H11ClF3NO2. The lowest BCUT2D eigenvalue weighted by Gasteiger charge is -2.09. The van der Waals surface area contributed by atoms with Crippen LogP contribution < -0.4 is 10.1 Å². The van der Waals surface area contributed by atoms with Crippen LogP contribution in [0.5, 0.6) is 5.75 Å². The van der Waals surface area contributed by atoms with E-state index in [1.807, 2.05) is 0 Å². The predicted molar refractivity (Wildman–Crippen MR) is 85.9 cm³/mol. The van der Waals surface area contributed by atoms with Crippen molar-refractivity contribution >= 4 is 34.8 Å². The van der Waals surface area contributed by atoms with Crippen LogP contribution in [0.3, 0.4) is 0 Å². The van der Waals surface area contributed by atoms with Crippen molar-refractivity contribution in [2.75, 3.05) is 11.9 Å². The molecule has 1 amide bonds. The molecule has 3 rings (SSSR count). The summed E-state index contributed by atoms with van der Waals surface area (Å²) in [4.78, 5) is 12.1. The van der Waals surface area contributed by atoms with E-state index in [0.29, 0.717) is 21.8 Å². The summed E-state index contributed by atoms with van der Waals surface area (Å²) >= 11 is 5.89. The number of anilines is 1. The Balaban J connectivity index is 1.81. The lowest BCUT2D eigenvalue weighted by atomic mass is 10.0. The number of alkyl halides is 3. The van der Waals surface area contributed by atoms with Crippen LogP contribution in [0.25, 0.3) is 11.6 Å². The van der Waals surface area contributed by atoms with Crippen molar-refractivity contribution in [2.45, 2.75) is 6.18 Å². The van der Waals surface area contributed by atoms with Gasteiger partial charge in [0.1, 0.15) is 5.75 Å². The first kappa shape index (κ1) is 16.4. The van der Waals surface area contributed by atoms with Crippen molar-refractivity contribution in [3.8, 4) is 5.75 Å². The molecule has 7 heteroatoms. The van der Waals surface area contributed by atoms with E-state index in [2.05, 4.69) is 10.1 Å². The zero-order valence-electron chi connectivity index (χ0n) is 12.2. The Bertz CT molecular complexity index is 814. The van der Waals surface area contributed by atoms with Crippen molar-refractivity contribution in [2.24, 2.45) is 0 Å². The molecule has 1 heterocycles. The van der Waals surface area contributed by atoms with Gasteiger partial charge in [0.15, 0.2) is 6.61 Å². The minimum Gasteiger partial charge on any atom is -0.484 e. The van der Waals surface area contributed by atoms with E-state index in [9.17, 15) is 18.0 Å². The van der Waals surface area contributed by atoms with Crippen LogP contribution in [0.4, 0.5) is 18.9 Å². The van der Waals surface area contributed by atoms with Crippen LogP contribution in [0, 0.1) is 0 Å². The fourth-order valence-electron chi connectivity index (χ4n) is 2.30. The molecule has 0 saturated heterocycles. The summed E-state index contributed by atoms with van der Waals surface area (Å²) in [7, 11) is 0. The van der Waals surface area contributed by atoms with E-state index in [1.165, 1.54) is 12.1 Å². The molecule has 0 atom stereocenters. The van der Waals surface area contributed by atoms with Crippen LogP contribution >= 0.6 is 11.6 Å². The van der Waals surface area contributed by atoms with Crippen molar-refractivity contribution < 1.29 is 22.7 Å². The molecule has 0 aliphatic carbocycles. The zero-order chi connectivity index (χ0) is 17.3. The fraction of sp³-hybridized carbons (Fsp3) is 0.118. The van der Waals surface area contributed by atoms with E-state index in [-0.39, 0.29) is 11.7 Å². The lowest BCUT2D eigenvalue weighted by molar-refractivity contribution is -0.153. The van der Waals surface area contributed by atoms with Gasteiger partial charge in [-0.25, -0.2) is 0 Å². The summed E-state index contributed by atoms with van der Waals surface area (Å²) in [6.07, 6.45) is -2.73. The van der Waals surface area contributed by atoms with Gasteiger partial charge in [-0.2, -0.15) is 13.2 Å². The monoisotopic (exact) mass is 353 g/mol. The van der Waals surface area contributed by atoms with Crippen LogP contribution in [0.1, 0.15) is 11.1 Å². The Hall–Kier alpha value is -2.47. The first-order valence-corrected chi connectivity index (χ1v) is 7.32. The summed E-state index contributed by atoms with van der Waals surface area (Å²) in [6, 6.07) is 11.1. The highest BCUT2D eigenvalue weighted by atomic mass is 35.5. The molecule has 0 aromatic heterocycles. The third-order valence-corrected chi connectivity index (χ3v) is 3.59. The third-order valence-electron chi connectivity index (χ3n) is 3.36. The second-order valence-electron chi connectivity index (χ2n) is 5.17. The van der Waals surface area contributed by atoms with Gasteiger partial charge in [0.05, 0.1) is 5.69 Å². The number of nitrogens with one attached hydrogen (secondary N) is 1. The number of hydrogen-bond acceptors (Lipinski definition) is 2. The van der Waals surface area contributed by atoms with E-state index in [1.54, 1.807) is 36.4 Å². The molecule has 2 aromatic carbocycles. The molecule has 1 aliphatic rings. The highest BCUT2D eigenvalue weighted by Gasteiger charge is 2.28. The Kier molecular flexibility index (Phi) is 4.24. The first-order valence-electron chi connectivity index (χ1n) is 6.94. The number of carbonyl (C=O) groups excluding carboxylic acids is 1. The number of fused-ring (bicyclic) bond motifs is 1. The number of hydrogen-bond donors (Lipinski definition) is 1.